The smallest absolute Gasteiger partial charge is 0.0832 e. The molecule has 2 aliphatic rings. The van der Waals surface area contributed by atoms with E-state index in [2.05, 4.69) is 37.6 Å². The minimum absolute atomic E-state index is 0.312. The molecule has 2 saturated heterocycles. The van der Waals surface area contributed by atoms with Crippen molar-refractivity contribution in [2.24, 2.45) is 0 Å². The lowest BCUT2D eigenvalue weighted by molar-refractivity contribution is -0.128. The van der Waals surface area contributed by atoms with E-state index in [1.54, 1.807) is 0 Å². The van der Waals surface area contributed by atoms with Crippen LogP contribution < -0.4 is 0 Å². The van der Waals surface area contributed by atoms with E-state index in [0.29, 0.717) is 17.7 Å². The van der Waals surface area contributed by atoms with Crippen LogP contribution in [-0.2, 0) is 4.74 Å². The van der Waals surface area contributed by atoms with Crippen molar-refractivity contribution < 1.29 is 4.74 Å². The Morgan fingerprint density at radius 3 is 2.06 bits per heavy atom. The standard InChI is InChI=1S/C13H26N2O/c1-13(2,3)15-9-12(10-15)16-11-5-7-14(4)8-6-11/h11-12H,5-10H2,1-4H3. The zero-order valence-corrected chi connectivity index (χ0v) is 11.2. The maximum atomic E-state index is 6.13. The highest BCUT2D eigenvalue weighted by Gasteiger charge is 2.36. The largest absolute Gasteiger partial charge is 0.372 e. The summed E-state index contributed by atoms with van der Waals surface area (Å²) in [5.74, 6) is 0. The third-order valence-electron chi connectivity index (χ3n) is 3.85. The Bertz CT molecular complexity index is 223. The van der Waals surface area contributed by atoms with Crippen molar-refractivity contribution in [2.75, 3.05) is 33.2 Å². The molecule has 0 atom stereocenters. The van der Waals surface area contributed by atoms with Gasteiger partial charge in [0, 0.05) is 31.7 Å². The molecule has 0 N–H and O–H groups in total. The van der Waals surface area contributed by atoms with Gasteiger partial charge in [-0.1, -0.05) is 0 Å². The van der Waals surface area contributed by atoms with Gasteiger partial charge in [-0.05, 0) is 40.7 Å². The van der Waals surface area contributed by atoms with E-state index >= 15 is 0 Å². The quantitative estimate of drug-likeness (QED) is 0.711. The first-order valence-electron chi connectivity index (χ1n) is 6.54. The maximum Gasteiger partial charge on any atom is 0.0832 e. The minimum Gasteiger partial charge on any atom is -0.372 e. The molecule has 0 amide bonds. The number of hydrogen-bond donors (Lipinski definition) is 0. The molecule has 0 aromatic heterocycles. The predicted octanol–water partition coefficient (Wildman–Crippen LogP) is 1.58. The third kappa shape index (κ3) is 2.96. The van der Waals surface area contributed by atoms with Crippen molar-refractivity contribution in [2.45, 2.75) is 51.4 Å². The molecule has 0 aromatic rings. The monoisotopic (exact) mass is 226 g/mol. The lowest BCUT2D eigenvalue weighted by Crippen LogP contribution is -2.60. The van der Waals surface area contributed by atoms with Crippen LogP contribution >= 0.6 is 0 Å². The molecule has 0 spiro atoms. The van der Waals surface area contributed by atoms with Crippen LogP contribution in [0.2, 0.25) is 0 Å². The first-order valence-corrected chi connectivity index (χ1v) is 6.54. The number of piperidine rings is 1. The van der Waals surface area contributed by atoms with Gasteiger partial charge in [-0.2, -0.15) is 0 Å². The molecule has 0 radical (unpaired) electrons. The molecule has 2 rings (SSSR count). The van der Waals surface area contributed by atoms with Gasteiger partial charge in [-0.3, -0.25) is 4.90 Å². The second-order valence-electron chi connectivity index (χ2n) is 6.34. The van der Waals surface area contributed by atoms with Gasteiger partial charge < -0.3 is 9.64 Å². The zero-order chi connectivity index (χ0) is 11.8. The van der Waals surface area contributed by atoms with E-state index in [9.17, 15) is 0 Å². The Balaban J connectivity index is 1.66. The van der Waals surface area contributed by atoms with Gasteiger partial charge in [0.2, 0.25) is 0 Å². The summed E-state index contributed by atoms with van der Waals surface area (Å²) in [7, 11) is 2.20. The molecule has 2 aliphatic heterocycles. The summed E-state index contributed by atoms with van der Waals surface area (Å²) in [6.07, 6.45) is 3.43. The number of hydrogen-bond acceptors (Lipinski definition) is 3. The van der Waals surface area contributed by atoms with Crippen LogP contribution in [0.25, 0.3) is 0 Å². The van der Waals surface area contributed by atoms with Crippen LogP contribution in [0, 0.1) is 0 Å². The van der Waals surface area contributed by atoms with Gasteiger partial charge in [0.15, 0.2) is 0 Å². The molecule has 3 heteroatoms. The summed E-state index contributed by atoms with van der Waals surface area (Å²) in [6, 6.07) is 0. The Kier molecular flexibility index (Phi) is 3.57. The normalized spacial score (nSPS) is 27.0. The van der Waals surface area contributed by atoms with Crippen LogP contribution in [0.1, 0.15) is 33.6 Å². The first kappa shape index (κ1) is 12.3. The van der Waals surface area contributed by atoms with E-state index in [-0.39, 0.29) is 0 Å². The zero-order valence-electron chi connectivity index (χ0n) is 11.2. The Labute approximate surface area is 99.7 Å². The Hall–Kier alpha value is -0.120. The van der Waals surface area contributed by atoms with E-state index in [0.717, 1.165) is 13.1 Å². The summed E-state index contributed by atoms with van der Waals surface area (Å²) in [4.78, 5) is 4.88. The lowest BCUT2D eigenvalue weighted by Gasteiger charge is -2.48. The molecule has 0 unspecified atom stereocenters. The fourth-order valence-corrected chi connectivity index (χ4v) is 2.47. The molecular formula is C13H26N2O. The van der Waals surface area contributed by atoms with Crippen molar-refractivity contribution >= 4 is 0 Å². The fourth-order valence-electron chi connectivity index (χ4n) is 2.47. The maximum absolute atomic E-state index is 6.13. The Morgan fingerprint density at radius 2 is 1.56 bits per heavy atom. The van der Waals surface area contributed by atoms with Crippen molar-refractivity contribution in [3.8, 4) is 0 Å². The van der Waals surface area contributed by atoms with Crippen LogP contribution in [0.5, 0.6) is 0 Å². The second-order valence-corrected chi connectivity index (χ2v) is 6.34. The predicted molar refractivity (Wildman–Crippen MR) is 66.7 cm³/mol. The van der Waals surface area contributed by atoms with Crippen molar-refractivity contribution in [3.05, 3.63) is 0 Å². The summed E-state index contributed by atoms with van der Waals surface area (Å²) in [5, 5.41) is 0. The van der Waals surface area contributed by atoms with Gasteiger partial charge >= 0.3 is 0 Å². The second kappa shape index (κ2) is 4.63. The topological polar surface area (TPSA) is 15.7 Å². The first-order chi connectivity index (χ1) is 7.45. The highest BCUT2D eigenvalue weighted by molar-refractivity contribution is 4.90. The highest BCUT2D eigenvalue weighted by Crippen LogP contribution is 2.25. The van der Waals surface area contributed by atoms with Crippen LogP contribution in [-0.4, -0.2) is 60.8 Å². The van der Waals surface area contributed by atoms with E-state index in [1.807, 2.05) is 0 Å². The fraction of sp³-hybridized carbons (Fsp3) is 1.00. The van der Waals surface area contributed by atoms with E-state index < -0.39 is 0 Å². The van der Waals surface area contributed by atoms with Crippen LogP contribution in [0.15, 0.2) is 0 Å². The molecule has 0 aliphatic carbocycles. The van der Waals surface area contributed by atoms with Crippen molar-refractivity contribution in [1.82, 2.24) is 9.80 Å². The van der Waals surface area contributed by atoms with Gasteiger partial charge in [-0.25, -0.2) is 0 Å². The Morgan fingerprint density at radius 1 is 1.00 bits per heavy atom. The van der Waals surface area contributed by atoms with E-state index in [4.69, 9.17) is 4.74 Å². The number of nitrogens with zero attached hydrogens (tertiary/aromatic N) is 2. The average Bonchev–Trinajstić information content (AvgIpc) is 2.11. The molecule has 0 aromatic carbocycles. The van der Waals surface area contributed by atoms with E-state index in [1.165, 1.54) is 25.9 Å². The summed E-state index contributed by atoms with van der Waals surface area (Å²) >= 11 is 0. The molecule has 94 valence electrons. The molecule has 16 heavy (non-hydrogen) atoms. The van der Waals surface area contributed by atoms with Crippen LogP contribution in [0.4, 0.5) is 0 Å². The highest BCUT2D eigenvalue weighted by atomic mass is 16.5. The molecular weight excluding hydrogens is 200 g/mol. The number of rotatable bonds is 2. The van der Waals surface area contributed by atoms with Gasteiger partial charge in [0.1, 0.15) is 0 Å². The van der Waals surface area contributed by atoms with Gasteiger partial charge in [-0.15, -0.1) is 0 Å². The molecule has 3 nitrogen and oxygen atoms in total. The minimum atomic E-state index is 0.312. The van der Waals surface area contributed by atoms with Crippen LogP contribution in [0.3, 0.4) is 0 Å². The van der Waals surface area contributed by atoms with Crippen molar-refractivity contribution in [3.63, 3.8) is 0 Å². The average molecular weight is 226 g/mol. The molecule has 2 fully saturated rings. The summed E-state index contributed by atoms with van der Waals surface area (Å²) in [5.41, 5.74) is 0.312. The molecule has 2 heterocycles. The SMILES string of the molecule is CN1CCC(OC2CN(C(C)(C)C)C2)CC1. The molecule has 0 bridgehead atoms. The summed E-state index contributed by atoms with van der Waals surface area (Å²) in [6.45, 7) is 11.5. The number of likely N-dealkylation sites (tertiary alicyclic amines) is 2. The van der Waals surface area contributed by atoms with Gasteiger partial charge in [0.25, 0.3) is 0 Å². The number of ether oxygens (including phenoxy) is 1. The van der Waals surface area contributed by atoms with Gasteiger partial charge in [0.05, 0.1) is 12.2 Å². The lowest BCUT2D eigenvalue weighted by atomic mass is 9.98. The third-order valence-corrected chi connectivity index (χ3v) is 3.85. The molecule has 0 saturated carbocycles. The van der Waals surface area contributed by atoms with Crippen molar-refractivity contribution in [1.29, 1.82) is 0 Å². The summed E-state index contributed by atoms with van der Waals surface area (Å²) < 4.78 is 6.13.